The van der Waals surface area contributed by atoms with Gasteiger partial charge in [0.25, 0.3) is 0 Å². The highest BCUT2D eigenvalue weighted by Crippen LogP contribution is 2.23. The lowest BCUT2D eigenvalue weighted by molar-refractivity contribution is -0.109. The van der Waals surface area contributed by atoms with E-state index in [1.807, 2.05) is 54.6 Å². The number of rotatable bonds is 7. The van der Waals surface area contributed by atoms with Crippen molar-refractivity contribution in [2.24, 2.45) is 0 Å². The highest BCUT2D eigenvalue weighted by Gasteiger charge is 2.09. The second kappa shape index (κ2) is 8.62. The first-order valence-corrected chi connectivity index (χ1v) is 8.24. The predicted octanol–water partition coefficient (Wildman–Crippen LogP) is 4.29. The van der Waals surface area contributed by atoms with Crippen LogP contribution in [-0.2, 0) is 16.1 Å². The summed E-state index contributed by atoms with van der Waals surface area (Å²) >= 11 is 0. The highest BCUT2D eigenvalue weighted by molar-refractivity contribution is 5.91. The van der Waals surface area contributed by atoms with E-state index in [4.69, 9.17) is 9.47 Å². The largest absolute Gasteiger partial charge is 0.486 e. The Morgan fingerprint density at radius 1 is 0.846 bits per heavy atom. The summed E-state index contributed by atoms with van der Waals surface area (Å²) in [5, 5.41) is 0. The molecular weight excluding hydrogens is 328 g/mol. The van der Waals surface area contributed by atoms with Crippen LogP contribution in [0.4, 0.5) is 0 Å². The van der Waals surface area contributed by atoms with Crippen LogP contribution in [0.25, 0.3) is 11.1 Å². The molecule has 0 aliphatic carbocycles. The molecule has 0 aromatic heterocycles. The van der Waals surface area contributed by atoms with Crippen LogP contribution in [0.1, 0.15) is 15.9 Å². The normalized spacial score (nSPS) is 10.2. The number of benzene rings is 3. The minimum Gasteiger partial charge on any atom is -0.486 e. The number of carbonyl (C=O) groups excluding carboxylic acids is 2. The summed E-state index contributed by atoms with van der Waals surface area (Å²) in [4.78, 5) is 22.6. The van der Waals surface area contributed by atoms with Crippen molar-refractivity contribution in [3.63, 3.8) is 0 Å². The second-order valence-electron chi connectivity index (χ2n) is 5.64. The molecule has 4 heteroatoms. The summed E-state index contributed by atoms with van der Waals surface area (Å²) in [6, 6.07) is 24.2. The summed E-state index contributed by atoms with van der Waals surface area (Å²) in [5.74, 6) is 0.265. The molecule has 0 bridgehead atoms. The van der Waals surface area contributed by atoms with Crippen molar-refractivity contribution in [3.8, 4) is 16.9 Å². The van der Waals surface area contributed by atoms with Gasteiger partial charge < -0.3 is 9.47 Å². The van der Waals surface area contributed by atoms with Crippen LogP contribution < -0.4 is 4.74 Å². The minimum absolute atomic E-state index is 0.0298. The molecule has 0 saturated carbocycles. The third-order valence-electron chi connectivity index (χ3n) is 3.82. The quantitative estimate of drug-likeness (QED) is 0.473. The van der Waals surface area contributed by atoms with Crippen LogP contribution in [0.2, 0.25) is 0 Å². The Bertz CT molecular complexity index is 870. The maximum Gasteiger partial charge on any atom is 0.338 e. The van der Waals surface area contributed by atoms with Crippen molar-refractivity contribution in [2.75, 3.05) is 6.61 Å². The summed E-state index contributed by atoms with van der Waals surface area (Å²) in [6.45, 7) is 0.273. The summed E-state index contributed by atoms with van der Waals surface area (Å²) < 4.78 is 10.6. The Hall–Kier alpha value is -3.40. The lowest BCUT2D eigenvalue weighted by Crippen LogP contribution is -2.05. The maximum absolute atomic E-state index is 12.3. The van der Waals surface area contributed by atoms with Crippen molar-refractivity contribution in [1.29, 1.82) is 0 Å². The zero-order valence-electron chi connectivity index (χ0n) is 14.1. The van der Waals surface area contributed by atoms with E-state index in [1.54, 1.807) is 24.3 Å². The third kappa shape index (κ3) is 4.57. The van der Waals surface area contributed by atoms with E-state index < -0.39 is 0 Å². The number of carbonyl (C=O) groups is 2. The van der Waals surface area contributed by atoms with E-state index in [2.05, 4.69) is 0 Å². The second-order valence-corrected chi connectivity index (χ2v) is 5.64. The van der Waals surface area contributed by atoms with Gasteiger partial charge >= 0.3 is 5.97 Å². The summed E-state index contributed by atoms with van der Waals surface area (Å²) in [6.07, 6.45) is 0.707. The topological polar surface area (TPSA) is 52.6 Å². The van der Waals surface area contributed by atoms with E-state index in [0.29, 0.717) is 17.6 Å². The Kier molecular flexibility index (Phi) is 5.78. The molecular formula is C22H18O4. The van der Waals surface area contributed by atoms with Gasteiger partial charge in [-0.15, -0.1) is 0 Å². The molecule has 26 heavy (non-hydrogen) atoms. The molecule has 0 fully saturated rings. The zero-order chi connectivity index (χ0) is 18.2. The van der Waals surface area contributed by atoms with Gasteiger partial charge in [0.2, 0.25) is 0 Å². The lowest BCUT2D eigenvalue weighted by atomic mass is 10.0. The number of hydrogen-bond donors (Lipinski definition) is 0. The number of ether oxygens (including phenoxy) is 2. The predicted molar refractivity (Wildman–Crippen MR) is 99.0 cm³/mol. The van der Waals surface area contributed by atoms with E-state index in [1.165, 1.54) is 0 Å². The molecule has 0 heterocycles. The van der Waals surface area contributed by atoms with Crippen LogP contribution in [0.5, 0.6) is 5.75 Å². The van der Waals surface area contributed by atoms with Crippen LogP contribution in [0.15, 0.2) is 78.9 Å². The fourth-order valence-electron chi connectivity index (χ4n) is 2.51. The van der Waals surface area contributed by atoms with Gasteiger partial charge in [0.1, 0.15) is 19.0 Å². The van der Waals surface area contributed by atoms with Gasteiger partial charge in [0.15, 0.2) is 6.29 Å². The van der Waals surface area contributed by atoms with Gasteiger partial charge in [0.05, 0.1) is 5.56 Å². The van der Waals surface area contributed by atoms with Crippen molar-refractivity contribution < 1.29 is 19.1 Å². The fraction of sp³-hybridized carbons (Fsp3) is 0.0909. The van der Waals surface area contributed by atoms with E-state index in [0.717, 1.165) is 16.7 Å². The van der Waals surface area contributed by atoms with E-state index in [9.17, 15) is 9.59 Å². The minimum atomic E-state index is -0.360. The number of esters is 1. The van der Waals surface area contributed by atoms with Gasteiger partial charge in [0, 0.05) is 0 Å². The SMILES string of the molecule is O=CCOc1ccc(-c2cccc(C(=O)OCc3ccccc3)c2)cc1. The molecule has 0 amide bonds. The Labute approximate surface area is 152 Å². The number of hydrogen-bond acceptors (Lipinski definition) is 4. The van der Waals surface area contributed by atoms with Crippen molar-refractivity contribution in [1.82, 2.24) is 0 Å². The molecule has 3 aromatic carbocycles. The van der Waals surface area contributed by atoms with Gasteiger partial charge in [-0.3, -0.25) is 4.79 Å². The number of aldehydes is 1. The zero-order valence-corrected chi connectivity index (χ0v) is 14.1. The van der Waals surface area contributed by atoms with Gasteiger partial charge in [-0.05, 0) is 41.0 Å². The standard InChI is InChI=1S/C22H18O4/c23-13-14-25-21-11-9-18(10-12-21)19-7-4-8-20(15-19)22(24)26-16-17-5-2-1-3-6-17/h1-13,15H,14,16H2. The third-order valence-corrected chi connectivity index (χ3v) is 3.82. The highest BCUT2D eigenvalue weighted by atomic mass is 16.5. The smallest absolute Gasteiger partial charge is 0.338 e. The molecule has 4 nitrogen and oxygen atoms in total. The Balaban J connectivity index is 1.69. The molecule has 0 saturated heterocycles. The fourth-order valence-corrected chi connectivity index (χ4v) is 2.51. The first-order valence-electron chi connectivity index (χ1n) is 8.24. The summed E-state index contributed by atoms with van der Waals surface area (Å²) in [5.41, 5.74) is 3.30. The first-order chi connectivity index (χ1) is 12.8. The van der Waals surface area contributed by atoms with Crippen molar-refractivity contribution in [2.45, 2.75) is 6.61 Å². The average molecular weight is 346 g/mol. The maximum atomic E-state index is 12.3. The molecule has 0 N–H and O–H groups in total. The first kappa shape index (κ1) is 17.4. The van der Waals surface area contributed by atoms with Gasteiger partial charge in [-0.2, -0.15) is 0 Å². The monoisotopic (exact) mass is 346 g/mol. The molecule has 0 aliphatic rings. The molecule has 3 aromatic rings. The van der Waals surface area contributed by atoms with Gasteiger partial charge in [-0.25, -0.2) is 4.79 Å². The van der Waals surface area contributed by atoms with Crippen LogP contribution in [-0.4, -0.2) is 18.9 Å². The Morgan fingerprint density at radius 3 is 2.35 bits per heavy atom. The Morgan fingerprint density at radius 2 is 1.62 bits per heavy atom. The van der Waals surface area contributed by atoms with Crippen molar-refractivity contribution >= 4 is 12.3 Å². The van der Waals surface area contributed by atoms with Crippen LogP contribution >= 0.6 is 0 Å². The average Bonchev–Trinajstić information content (AvgIpc) is 2.71. The van der Waals surface area contributed by atoms with Crippen molar-refractivity contribution in [3.05, 3.63) is 90.0 Å². The van der Waals surface area contributed by atoms with Gasteiger partial charge in [-0.1, -0.05) is 54.6 Å². The molecule has 0 unspecified atom stereocenters. The molecule has 130 valence electrons. The molecule has 0 atom stereocenters. The molecule has 3 rings (SSSR count). The van der Waals surface area contributed by atoms with Crippen LogP contribution in [0.3, 0.4) is 0 Å². The molecule has 0 aliphatic heterocycles. The molecule has 0 radical (unpaired) electrons. The van der Waals surface area contributed by atoms with E-state index in [-0.39, 0.29) is 19.2 Å². The van der Waals surface area contributed by atoms with Crippen LogP contribution in [0, 0.1) is 0 Å². The molecule has 0 spiro atoms. The summed E-state index contributed by atoms with van der Waals surface area (Å²) in [7, 11) is 0. The van der Waals surface area contributed by atoms with E-state index >= 15 is 0 Å². The lowest BCUT2D eigenvalue weighted by Gasteiger charge is -2.08.